The van der Waals surface area contributed by atoms with Gasteiger partial charge in [-0.05, 0) is 43.9 Å². The number of nitrogens with one attached hydrogen (secondary N) is 1. The number of nitriles is 1. The lowest BCUT2D eigenvalue weighted by molar-refractivity contribution is -0.125. The topological polar surface area (TPSA) is 105 Å². The maximum absolute atomic E-state index is 11.8. The number of nitrogens with zero attached hydrogens (tertiary/aromatic N) is 1. The minimum Gasteiger partial charge on any atom is -0.452 e. The molecule has 0 aliphatic heterocycles. The van der Waals surface area contributed by atoms with Gasteiger partial charge in [0, 0.05) is 0 Å². The molecule has 1 atom stereocenters. The standard InChI is InChI=1S/C15H16ClN3O3/c1-15(8-17,10-3-4-10)19-13(20)7-22-14(21)9-2-5-11(16)12(18)6-9/h2,5-6,10H,3-4,7,18H2,1H3,(H,19,20)/t15-/m0/s1. The Bertz CT molecular complexity index is 652. The van der Waals surface area contributed by atoms with Gasteiger partial charge in [0.15, 0.2) is 6.61 Å². The Hall–Kier alpha value is -2.26. The molecule has 0 spiro atoms. The van der Waals surface area contributed by atoms with Crippen molar-refractivity contribution in [2.45, 2.75) is 25.3 Å². The fourth-order valence-corrected chi connectivity index (χ4v) is 2.21. The van der Waals surface area contributed by atoms with Gasteiger partial charge in [-0.2, -0.15) is 5.26 Å². The van der Waals surface area contributed by atoms with Crippen molar-refractivity contribution in [1.82, 2.24) is 5.32 Å². The van der Waals surface area contributed by atoms with E-state index in [1.165, 1.54) is 18.2 Å². The Morgan fingerprint density at radius 1 is 1.55 bits per heavy atom. The quantitative estimate of drug-likeness (QED) is 0.636. The molecule has 1 amide bonds. The van der Waals surface area contributed by atoms with Crippen LogP contribution in [0.2, 0.25) is 5.02 Å². The maximum atomic E-state index is 11.8. The minimum atomic E-state index is -0.909. The third kappa shape index (κ3) is 3.68. The Balaban J connectivity index is 1.89. The van der Waals surface area contributed by atoms with Gasteiger partial charge in [0.05, 0.1) is 22.3 Å². The number of ether oxygens (including phenoxy) is 1. The number of esters is 1. The molecular formula is C15H16ClN3O3. The van der Waals surface area contributed by atoms with Gasteiger partial charge < -0.3 is 15.8 Å². The fraction of sp³-hybridized carbons (Fsp3) is 0.400. The van der Waals surface area contributed by atoms with E-state index in [1.807, 2.05) is 0 Å². The molecular weight excluding hydrogens is 306 g/mol. The summed E-state index contributed by atoms with van der Waals surface area (Å²) in [6, 6.07) is 6.42. The molecule has 22 heavy (non-hydrogen) atoms. The first kappa shape index (κ1) is 16.1. The van der Waals surface area contributed by atoms with Gasteiger partial charge in [-0.3, -0.25) is 4.79 Å². The van der Waals surface area contributed by atoms with Crippen LogP contribution >= 0.6 is 11.6 Å². The summed E-state index contributed by atoms with van der Waals surface area (Å²) >= 11 is 5.77. The molecule has 1 aliphatic rings. The second-order valence-electron chi connectivity index (χ2n) is 5.45. The number of anilines is 1. The second kappa shape index (κ2) is 6.24. The van der Waals surface area contributed by atoms with E-state index in [0.29, 0.717) is 5.02 Å². The third-order valence-electron chi connectivity index (χ3n) is 3.59. The van der Waals surface area contributed by atoms with E-state index in [-0.39, 0.29) is 17.2 Å². The number of carbonyl (C=O) groups excluding carboxylic acids is 2. The number of hydrogen-bond donors (Lipinski definition) is 2. The molecule has 0 heterocycles. The molecule has 1 fully saturated rings. The molecule has 1 saturated carbocycles. The zero-order valence-electron chi connectivity index (χ0n) is 12.1. The summed E-state index contributed by atoms with van der Waals surface area (Å²) in [6.07, 6.45) is 1.82. The molecule has 0 bridgehead atoms. The average Bonchev–Trinajstić information content (AvgIpc) is 3.32. The number of benzene rings is 1. The molecule has 2 rings (SSSR count). The number of carbonyl (C=O) groups is 2. The molecule has 1 aliphatic carbocycles. The number of halogens is 1. The van der Waals surface area contributed by atoms with Crippen molar-refractivity contribution in [2.75, 3.05) is 12.3 Å². The van der Waals surface area contributed by atoms with Crippen LogP contribution in [-0.2, 0) is 9.53 Å². The highest BCUT2D eigenvalue weighted by molar-refractivity contribution is 6.33. The summed E-state index contributed by atoms with van der Waals surface area (Å²) in [7, 11) is 0. The molecule has 0 aromatic heterocycles. The first-order chi connectivity index (χ1) is 10.4. The van der Waals surface area contributed by atoms with Crippen LogP contribution in [0.4, 0.5) is 5.69 Å². The first-order valence-electron chi connectivity index (χ1n) is 6.80. The molecule has 7 heteroatoms. The third-order valence-corrected chi connectivity index (χ3v) is 3.94. The van der Waals surface area contributed by atoms with Crippen molar-refractivity contribution < 1.29 is 14.3 Å². The molecule has 1 aromatic rings. The Morgan fingerprint density at radius 3 is 2.77 bits per heavy atom. The fourth-order valence-electron chi connectivity index (χ4n) is 2.09. The summed E-state index contributed by atoms with van der Waals surface area (Å²) in [6.45, 7) is 1.22. The summed E-state index contributed by atoms with van der Waals surface area (Å²) in [5.74, 6) is -1.02. The van der Waals surface area contributed by atoms with Crippen LogP contribution in [0.15, 0.2) is 18.2 Å². The zero-order chi connectivity index (χ0) is 16.3. The van der Waals surface area contributed by atoms with Crippen LogP contribution in [0.3, 0.4) is 0 Å². The lowest BCUT2D eigenvalue weighted by Crippen LogP contribution is -2.48. The van der Waals surface area contributed by atoms with E-state index in [4.69, 9.17) is 27.3 Å². The van der Waals surface area contributed by atoms with Crippen LogP contribution in [0.25, 0.3) is 0 Å². The molecule has 3 N–H and O–H groups in total. The Kier molecular flexibility index (Phi) is 4.57. The highest BCUT2D eigenvalue weighted by atomic mass is 35.5. The van der Waals surface area contributed by atoms with Gasteiger partial charge in [-0.25, -0.2) is 4.79 Å². The SMILES string of the molecule is C[C@@](C#N)(NC(=O)COC(=O)c1ccc(Cl)c(N)c1)C1CC1. The van der Waals surface area contributed by atoms with Crippen molar-refractivity contribution in [3.05, 3.63) is 28.8 Å². The van der Waals surface area contributed by atoms with Crippen molar-refractivity contribution in [3.63, 3.8) is 0 Å². The lowest BCUT2D eigenvalue weighted by atomic mass is 9.98. The lowest BCUT2D eigenvalue weighted by Gasteiger charge is -2.22. The highest BCUT2D eigenvalue weighted by Crippen LogP contribution is 2.39. The van der Waals surface area contributed by atoms with Crippen molar-refractivity contribution in [3.8, 4) is 6.07 Å². The predicted octanol–water partition coefficient (Wildman–Crippen LogP) is 1.89. The zero-order valence-corrected chi connectivity index (χ0v) is 12.8. The van der Waals surface area contributed by atoms with E-state index in [0.717, 1.165) is 12.8 Å². The van der Waals surface area contributed by atoms with Gasteiger partial charge in [-0.1, -0.05) is 11.6 Å². The Morgan fingerprint density at radius 2 is 2.23 bits per heavy atom. The number of amides is 1. The van der Waals surface area contributed by atoms with E-state index >= 15 is 0 Å². The maximum Gasteiger partial charge on any atom is 0.338 e. The molecule has 0 saturated heterocycles. The number of nitrogens with two attached hydrogens (primary N) is 1. The largest absolute Gasteiger partial charge is 0.452 e. The van der Waals surface area contributed by atoms with Crippen LogP contribution < -0.4 is 11.1 Å². The predicted molar refractivity (Wildman–Crippen MR) is 81.0 cm³/mol. The number of hydrogen-bond acceptors (Lipinski definition) is 5. The average molecular weight is 322 g/mol. The van der Waals surface area contributed by atoms with Crippen LogP contribution in [0.5, 0.6) is 0 Å². The normalized spacial score (nSPS) is 16.2. The van der Waals surface area contributed by atoms with E-state index in [2.05, 4.69) is 11.4 Å². The van der Waals surface area contributed by atoms with Crippen LogP contribution in [-0.4, -0.2) is 24.0 Å². The first-order valence-corrected chi connectivity index (χ1v) is 7.18. The van der Waals surface area contributed by atoms with Gasteiger partial charge in [-0.15, -0.1) is 0 Å². The highest BCUT2D eigenvalue weighted by Gasteiger charge is 2.43. The van der Waals surface area contributed by atoms with E-state index in [9.17, 15) is 9.59 Å². The summed E-state index contributed by atoms with van der Waals surface area (Å²) in [5.41, 5.74) is 5.16. The van der Waals surface area contributed by atoms with E-state index < -0.39 is 24.0 Å². The smallest absolute Gasteiger partial charge is 0.338 e. The summed E-state index contributed by atoms with van der Waals surface area (Å²) < 4.78 is 4.92. The van der Waals surface area contributed by atoms with Gasteiger partial charge >= 0.3 is 5.97 Å². The number of rotatable bonds is 5. The van der Waals surface area contributed by atoms with Gasteiger partial charge in [0.25, 0.3) is 5.91 Å². The van der Waals surface area contributed by atoms with Gasteiger partial charge in [0.2, 0.25) is 0 Å². The second-order valence-corrected chi connectivity index (χ2v) is 5.86. The Labute approximate surface area is 133 Å². The van der Waals surface area contributed by atoms with Crippen LogP contribution in [0.1, 0.15) is 30.1 Å². The van der Waals surface area contributed by atoms with Crippen LogP contribution in [0, 0.1) is 17.2 Å². The van der Waals surface area contributed by atoms with Crippen molar-refractivity contribution in [1.29, 1.82) is 5.26 Å². The molecule has 0 radical (unpaired) electrons. The number of nitrogen functional groups attached to an aromatic ring is 1. The van der Waals surface area contributed by atoms with Gasteiger partial charge in [0.1, 0.15) is 5.54 Å². The summed E-state index contributed by atoms with van der Waals surface area (Å²) in [5, 5.41) is 12.1. The van der Waals surface area contributed by atoms with Crippen molar-refractivity contribution in [2.24, 2.45) is 5.92 Å². The monoisotopic (exact) mass is 321 g/mol. The molecule has 0 unspecified atom stereocenters. The molecule has 1 aromatic carbocycles. The molecule has 6 nitrogen and oxygen atoms in total. The van der Waals surface area contributed by atoms with Crippen molar-refractivity contribution >= 4 is 29.2 Å². The minimum absolute atomic E-state index is 0.160. The molecule has 116 valence electrons. The summed E-state index contributed by atoms with van der Waals surface area (Å²) in [4.78, 5) is 23.6. The van der Waals surface area contributed by atoms with E-state index in [1.54, 1.807) is 6.92 Å².